The van der Waals surface area contributed by atoms with E-state index in [1.165, 1.54) is 34.9 Å². The number of imidazole rings is 1. The van der Waals surface area contributed by atoms with Gasteiger partial charge < -0.3 is 4.57 Å². The van der Waals surface area contributed by atoms with Gasteiger partial charge in [-0.3, -0.25) is 14.3 Å². The van der Waals surface area contributed by atoms with Gasteiger partial charge in [-0.1, -0.05) is 23.7 Å². The van der Waals surface area contributed by atoms with Crippen LogP contribution >= 0.6 is 11.6 Å². The van der Waals surface area contributed by atoms with Crippen LogP contribution in [0.15, 0.2) is 46.0 Å². The molecule has 0 saturated carbocycles. The van der Waals surface area contributed by atoms with Crippen molar-refractivity contribution in [1.29, 1.82) is 0 Å². The predicted octanol–water partition coefficient (Wildman–Crippen LogP) is 3.83. The van der Waals surface area contributed by atoms with Gasteiger partial charge in [-0.15, -0.1) is 0 Å². The molecule has 166 valence electrons. The minimum absolute atomic E-state index is 0.0820. The van der Waals surface area contributed by atoms with Crippen LogP contribution in [0.25, 0.3) is 22.6 Å². The van der Waals surface area contributed by atoms with Gasteiger partial charge in [0, 0.05) is 18.7 Å². The van der Waals surface area contributed by atoms with Crippen molar-refractivity contribution in [2.24, 2.45) is 0 Å². The Balaban J connectivity index is 2.09. The van der Waals surface area contributed by atoms with Crippen LogP contribution in [0.4, 0.5) is 17.6 Å². The van der Waals surface area contributed by atoms with E-state index in [4.69, 9.17) is 11.6 Å². The number of nitrogens with one attached hydrogen (secondary N) is 1. The van der Waals surface area contributed by atoms with Gasteiger partial charge in [-0.05, 0) is 36.8 Å². The van der Waals surface area contributed by atoms with E-state index in [-0.39, 0.29) is 35.2 Å². The number of aromatic nitrogens is 5. The van der Waals surface area contributed by atoms with Crippen LogP contribution in [0.2, 0.25) is 5.15 Å². The third-order valence-corrected chi connectivity index (χ3v) is 5.04. The van der Waals surface area contributed by atoms with Crippen molar-refractivity contribution in [2.45, 2.75) is 26.2 Å². The highest BCUT2D eigenvalue weighted by molar-refractivity contribution is 6.29. The number of fused-ring (bicyclic) bond motifs is 1. The Kier molecular flexibility index (Phi) is 5.37. The topological polar surface area (TPSA) is 85.6 Å². The number of aryl methyl sites for hydroxylation is 1. The van der Waals surface area contributed by atoms with E-state index in [2.05, 4.69) is 15.0 Å². The fourth-order valence-corrected chi connectivity index (χ4v) is 3.58. The second-order valence-electron chi connectivity index (χ2n) is 6.85. The molecule has 4 rings (SSSR count). The Bertz CT molecular complexity index is 1440. The van der Waals surface area contributed by atoms with Crippen LogP contribution in [-0.2, 0) is 19.3 Å². The van der Waals surface area contributed by atoms with E-state index in [9.17, 15) is 27.2 Å². The van der Waals surface area contributed by atoms with E-state index in [0.29, 0.717) is 5.56 Å². The van der Waals surface area contributed by atoms with Crippen molar-refractivity contribution in [3.63, 3.8) is 0 Å². The highest BCUT2D eigenvalue weighted by Gasteiger charge is 2.37. The lowest BCUT2D eigenvalue weighted by Gasteiger charge is -2.14. The molecular formula is C20H14ClF4N5O2. The average Bonchev–Trinajstić information content (AvgIpc) is 3.08. The van der Waals surface area contributed by atoms with Crippen LogP contribution in [0.5, 0.6) is 0 Å². The highest BCUT2D eigenvalue weighted by atomic mass is 35.5. The molecule has 0 aliphatic rings. The van der Waals surface area contributed by atoms with Gasteiger partial charge in [-0.25, -0.2) is 19.2 Å². The van der Waals surface area contributed by atoms with E-state index >= 15 is 0 Å². The second kappa shape index (κ2) is 7.90. The number of nitrogens with zero attached hydrogens (tertiary/aromatic N) is 4. The van der Waals surface area contributed by atoms with Crippen molar-refractivity contribution in [3.8, 4) is 11.4 Å². The Morgan fingerprint density at radius 2 is 1.72 bits per heavy atom. The molecule has 7 nitrogen and oxygen atoms in total. The first-order valence-electron chi connectivity index (χ1n) is 9.32. The number of halogens is 5. The summed E-state index contributed by atoms with van der Waals surface area (Å²) in [6.45, 7) is 1.63. The summed E-state index contributed by atoms with van der Waals surface area (Å²) in [6, 6.07) is 7.50. The fourth-order valence-electron chi connectivity index (χ4n) is 3.43. The molecule has 0 amide bonds. The SMILES string of the molecule is CCn1c(=O)[nH]c(=O)c2c1nc(-c1ccc(Cl)nc1C(F)(F)F)n2Cc1ccc(F)cc1. The van der Waals surface area contributed by atoms with Crippen molar-refractivity contribution in [1.82, 2.24) is 24.1 Å². The summed E-state index contributed by atoms with van der Waals surface area (Å²) in [5.41, 5.74) is -2.96. The normalized spacial score (nSPS) is 11.9. The molecule has 0 saturated heterocycles. The van der Waals surface area contributed by atoms with Gasteiger partial charge in [0.15, 0.2) is 16.9 Å². The zero-order valence-electron chi connectivity index (χ0n) is 16.4. The fraction of sp³-hybridized carbons (Fsp3) is 0.200. The quantitative estimate of drug-likeness (QED) is 0.365. The summed E-state index contributed by atoms with van der Waals surface area (Å²) in [7, 11) is 0. The number of hydrogen-bond acceptors (Lipinski definition) is 4. The Hall–Kier alpha value is -3.47. The zero-order chi connectivity index (χ0) is 23.2. The van der Waals surface area contributed by atoms with E-state index in [0.717, 1.165) is 10.6 Å². The summed E-state index contributed by atoms with van der Waals surface area (Å²) in [6.07, 6.45) is -4.87. The molecular weight excluding hydrogens is 454 g/mol. The van der Waals surface area contributed by atoms with Crippen LogP contribution in [0.1, 0.15) is 18.2 Å². The van der Waals surface area contributed by atoms with Crippen LogP contribution in [0, 0.1) is 5.82 Å². The Morgan fingerprint density at radius 1 is 1.03 bits per heavy atom. The molecule has 0 aliphatic heterocycles. The first kappa shape index (κ1) is 21.8. The molecule has 0 spiro atoms. The number of H-pyrrole nitrogens is 1. The molecule has 0 fully saturated rings. The van der Waals surface area contributed by atoms with Crippen molar-refractivity contribution in [3.05, 3.63) is 79.5 Å². The molecule has 1 aromatic carbocycles. The molecule has 0 unspecified atom stereocenters. The van der Waals surface area contributed by atoms with Gasteiger partial charge in [-0.2, -0.15) is 13.2 Å². The summed E-state index contributed by atoms with van der Waals surface area (Å²) >= 11 is 5.69. The molecule has 0 aliphatic carbocycles. The molecule has 0 bridgehead atoms. The summed E-state index contributed by atoms with van der Waals surface area (Å²) in [5, 5.41) is -0.370. The zero-order valence-corrected chi connectivity index (χ0v) is 17.1. The molecule has 3 heterocycles. The monoisotopic (exact) mass is 467 g/mol. The van der Waals surface area contributed by atoms with Gasteiger partial charge >= 0.3 is 11.9 Å². The second-order valence-corrected chi connectivity index (χ2v) is 7.24. The standard InChI is InChI=1S/C20H14ClF4N5O2/c1-2-29-17-14(18(31)28-19(29)32)30(9-10-3-5-11(22)6-4-10)16(27-17)12-7-8-13(21)26-15(12)20(23,24)25/h3-8H,2,9H2,1H3,(H,28,31,32). The van der Waals surface area contributed by atoms with Gasteiger partial charge in [0.05, 0.1) is 0 Å². The molecule has 4 aromatic rings. The lowest BCUT2D eigenvalue weighted by molar-refractivity contribution is -0.140. The van der Waals surface area contributed by atoms with Gasteiger partial charge in [0.2, 0.25) is 0 Å². The minimum atomic E-state index is -4.87. The molecule has 0 atom stereocenters. The van der Waals surface area contributed by atoms with Gasteiger partial charge in [0.25, 0.3) is 5.56 Å². The summed E-state index contributed by atoms with van der Waals surface area (Å²) < 4.78 is 56.9. The first-order valence-corrected chi connectivity index (χ1v) is 9.70. The van der Waals surface area contributed by atoms with Crippen molar-refractivity contribution in [2.75, 3.05) is 0 Å². The van der Waals surface area contributed by atoms with Crippen LogP contribution in [-0.4, -0.2) is 24.1 Å². The number of alkyl halides is 3. The minimum Gasteiger partial charge on any atom is -0.314 e. The first-order chi connectivity index (χ1) is 15.1. The van der Waals surface area contributed by atoms with Crippen molar-refractivity contribution < 1.29 is 17.6 Å². The van der Waals surface area contributed by atoms with E-state index < -0.39 is 34.5 Å². The van der Waals surface area contributed by atoms with Gasteiger partial charge in [0.1, 0.15) is 16.8 Å². The van der Waals surface area contributed by atoms with E-state index in [1.807, 2.05) is 0 Å². The molecule has 1 N–H and O–H groups in total. The smallest absolute Gasteiger partial charge is 0.314 e. The maximum Gasteiger partial charge on any atom is 0.434 e. The largest absolute Gasteiger partial charge is 0.434 e. The predicted molar refractivity (Wildman–Crippen MR) is 109 cm³/mol. The third kappa shape index (κ3) is 3.79. The average molecular weight is 468 g/mol. The molecule has 3 aromatic heterocycles. The molecule has 12 heteroatoms. The lowest BCUT2D eigenvalue weighted by Crippen LogP contribution is -2.30. The number of rotatable bonds is 4. The summed E-state index contributed by atoms with van der Waals surface area (Å²) in [5.74, 6) is -0.734. The molecule has 0 radical (unpaired) electrons. The van der Waals surface area contributed by atoms with Crippen molar-refractivity contribution >= 4 is 22.8 Å². The number of benzene rings is 1. The highest BCUT2D eigenvalue weighted by Crippen LogP contribution is 2.37. The maximum atomic E-state index is 13.7. The van der Waals surface area contributed by atoms with Crippen LogP contribution in [0.3, 0.4) is 0 Å². The Morgan fingerprint density at radius 3 is 2.34 bits per heavy atom. The van der Waals surface area contributed by atoms with E-state index in [1.54, 1.807) is 6.92 Å². The Labute approximate surface area is 181 Å². The number of pyridine rings is 1. The third-order valence-electron chi connectivity index (χ3n) is 4.83. The number of aromatic amines is 1. The molecule has 32 heavy (non-hydrogen) atoms. The number of hydrogen-bond donors (Lipinski definition) is 1. The maximum absolute atomic E-state index is 13.7. The lowest BCUT2D eigenvalue weighted by atomic mass is 10.1. The summed E-state index contributed by atoms with van der Waals surface area (Å²) in [4.78, 5) is 34.7. The van der Waals surface area contributed by atoms with Crippen LogP contribution < -0.4 is 11.2 Å².